The van der Waals surface area contributed by atoms with Crippen molar-refractivity contribution in [3.8, 4) is 0 Å². The van der Waals surface area contributed by atoms with Gasteiger partial charge in [-0.1, -0.05) is 13.8 Å². The number of hydrogen-bond donors (Lipinski definition) is 2. The summed E-state index contributed by atoms with van der Waals surface area (Å²) >= 11 is 0. The molecule has 2 N–H and O–H groups in total. The van der Waals surface area contributed by atoms with E-state index >= 15 is 0 Å². The summed E-state index contributed by atoms with van der Waals surface area (Å²) in [6, 6.07) is 0. The molecule has 0 spiro atoms. The fourth-order valence-electron chi connectivity index (χ4n) is 3.67. The predicted octanol–water partition coefficient (Wildman–Crippen LogP) is 1.43. The van der Waals surface area contributed by atoms with Crippen molar-refractivity contribution in [3.63, 3.8) is 0 Å². The van der Waals surface area contributed by atoms with E-state index in [-0.39, 0.29) is 24.8 Å². The average molecular weight is 464 g/mol. The normalized spacial score (nSPS) is 29.6. The van der Waals surface area contributed by atoms with Gasteiger partial charge in [0.25, 0.3) is 0 Å². The van der Waals surface area contributed by atoms with Gasteiger partial charge >= 0.3 is 21.4 Å². The van der Waals surface area contributed by atoms with Crippen LogP contribution in [-0.4, -0.2) is 68.8 Å². The Bertz CT molecular complexity index is 1010. The second-order valence-electron chi connectivity index (χ2n) is 7.54. The molecule has 2 aliphatic heterocycles. The van der Waals surface area contributed by atoms with Gasteiger partial charge in [0, 0.05) is 12.8 Å². The third-order valence-corrected chi connectivity index (χ3v) is 6.14. The lowest BCUT2D eigenvalue weighted by Crippen LogP contribution is -2.42. The number of carbonyl (C=O) groups is 2. The third-order valence-electron chi connectivity index (χ3n) is 5.07. The standard InChI is InChI=1S/C18H24BN5O7P/c1-3-5-11(25)23-16-13-17(21-8-20-16)24(9-22-13)18-15(30-12(26)6-4-2)14-10(29-18)7-28-32(19,27)31-14/h8-10,14-15,18,27H,3-7H2,1-2H3,(H,20,21,23,25)/q+1/t10-,14+,15?,18-,32?/m1/s1. The Labute approximate surface area is 185 Å². The van der Waals surface area contributed by atoms with E-state index in [2.05, 4.69) is 20.3 Å². The lowest BCUT2D eigenvalue weighted by Gasteiger charge is -2.29. The summed E-state index contributed by atoms with van der Waals surface area (Å²) in [5, 5.41) is 2.73. The van der Waals surface area contributed by atoms with Crippen molar-refractivity contribution in [1.29, 1.82) is 0 Å². The molecule has 2 saturated heterocycles. The largest absolute Gasteiger partial charge is 0.488 e. The third kappa shape index (κ3) is 4.62. The van der Waals surface area contributed by atoms with Crippen LogP contribution in [-0.2, 0) is 28.1 Å². The highest BCUT2D eigenvalue weighted by Crippen LogP contribution is 2.59. The van der Waals surface area contributed by atoms with Gasteiger partial charge in [-0.3, -0.25) is 14.2 Å². The van der Waals surface area contributed by atoms with Crippen molar-refractivity contribution < 1.29 is 33.0 Å². The van der Waals surface area contributed by atoms with E-state index in [9.17, 15) is 14.5 Å². The predicted molar refractivity (Wildman–Crippen MR) is 113 cm³/mol. The molecular weight excluding hydrogens is 440 g/mol. The van der Waals surface area contributed by atoms with Crippen LogP contribution in [0.4, 0.5) is 5.82 Å². The van der Waals surface area contributed by atoms with E-state index in [1.807, 2.05) is 13.8 Å². The van der Waals surface area contributed by atoms with Crippen molar-refractivity contribution in [2.45, 2.75) is 64.1 Å². The first kappa shape index (κ1) is 23.0. The molecule has 2 radical (unpaired) electrons. The molecule has 12 nitrogen and oxygen atoms in total. The monoisotopic (exact) mass is 464 g/mol. The fourth-order valence-corrected chi connectivity index (χ4v) is 4.70. The molecule has 4 heterocycles. The summed E-state index contributed by atoms with van der Waals surface area (Å²) in [4.78, 5) is 47.2. The molecule has 1 amide bonds. The Balaban J connectivity index is 1.67. The number of rotatable bonds is 7. The smallest absolute Gasteiger partial charge is 0.454 e. The van der Waals surface area contributed by atoms with Crippen LogP contribution in [0, 0.1) is 0 Å². The van der Waals surface area contributed by atoms with Crippen LogP contribution in [0.5, 0.6) is 0 Å². The van der Waals surface area contributed by atoms with E-state index in [0.717, 1.165) is 0 Å². The Morgan fingerprint density at radius 1 is 1.31 bits per heavy atom. The maximum atomic E-state index is 12.3. The number of ether oxygens (including phenoxy) is 2. The van der Waals surface area contributed by atoms with Gasteiger partial charge in [0.15, 0.2) is 35.4 Å². The number of nitrogens with one attached hydrogen (secondary N) is 1. The highest BCUT2D eigenvalue weighted by atomic mass is 31.2. The highest BCUT2D eigenvalue weighted by molar-refractivity contribution is 7.85. The minimum absolute atomic E-state index is 0.0241. The zero-order chi connectivity index (χ0) is 22.9. The van der Waals surface area contributed by atoms with Gasteiger partial charge in [0.2, 0.25) is 5.91 Å². The number of amides is 1. The maximum absolute atomic E-state index is 12.3. The summed E-state index contributed by atoms with van der Waals surface area (Å²) in [6.07, 6.45) is 1.34. The zero-order valence-electron chi connectivity index (χ0n) is 17.7. The van der Waals surface area contributed by atoms with Crippen molar-refractivity contribution in [1.82, 2.24) is 19.5 Å². The quantitative estimate of drug-likeness (QED) is 0.350. The molecule has 2 aromatic rings. The van der Waals surface area contributed by atoms with Crippen LogP contribution in [0.2, 0.25) is 0 Å². The molecule has 2 fully saturated rings. The van der Waals surface area contributed by atoms with Crippen molar-refractivity contribution in [3.05, 3.63) is 12.7 Å². The van der Waals surface area contributed by atoms with Crippen LogP contribution >= 0.6 is 7.82 Å². The van der Waals surface area contributed by atoms with Gasteiger partial charge in [-0.05, 0) is 12.8 Å². The lowest BCUT2D eigenvalue weighted by atomic mass is 10.1. The topological polar surface area (TPSA) is 147 Å². The van der Waals surface area contributed by atoms with Crippen molar-refractivity contribution in [2.75, 3.05) is 11.9 Å². The second-order valence-corrected chi connectivity index (χ2v) is 9.14. The number of imidazole rings is 1. The summed E-state index contributed by atoms with van der Waals surface area (Å²) in [6.45, 7) is 3.73. The fraction of sp³-hybridized carbons (Fsp3) is 0.611. The molecule has 5 atom stereocenters. The Morgan fingerprint density at radius 3 is 2.84 bits per heavy atom. The van der Waals surface area contributed by atoms with Crippen LogP contribution < -0.4 is 5.32 Å². The van der Waals surface area contributed by atoms with E-state index < -0.39 is 38.3 Å². The van der Waals surface area contributed by atoms with Gasteiger partial charge in [-0.15, -0.1) is 0 Å². The number of hydrogen-bond acceptors (Lipinski definition) is 10. The molecule has 14 heteroatoms. The van der Waals surface area contributed by atoms with Crippen LogP contribution in [0.3, 0.4) is 0 Å². The highest BCUT2D eigenvalue weighted by Gasteiger charge is 2.59. The molecule has 0 aromatic carbocycles. The molecule has 0 bridgehead atoms. The first-order valence-corrected chi connectivity index (χ1v) is 12.0. The molecule has 0 saturated carbocycles. The van der Waals surface area contributed by atoms with Crippen LogP contribution in [0.1, 0.15) is 45.8 Å². The summed E-state index contributed by atoms with van der Waals surface area (Å²) in [5.41, 5.74) is 0.722. The molecular formula is C18H24BN5O7P+. The molecule has 4 rings (SSSR count). The van der Waals surface area contributed by atoms with Crippen LogP contribution in [0.15, 0.2) is 12.7 Å². The summed E-state index contributed by atoms with van der Waals surface area (Å²) in [7, 11) is 2.12. The first-order valence-electron chi connectivity index (χ1n) is 10.4. The van der Waals surface area contributed by atoms with Crippen molar-refractivity contribution in [2.24, 2.45) is 0 Å². The zero-order valence-corrected chi connectivity index (χ0v) is 18.6. The van der Waals surface area contributed by atoms with Gasteiger partial charge in [-0.2, -0.15) is 9.05 Å². The molecule has 170 valence electrons. The molecule has 2 aromatic heterocycles. The molecule has 32 heavy (non-hydrogen) atoms. The van der Waals surface area contributed by atoms with E-state index in [1.165, 1.54) is 12.7 Å². The molecule has 2 unspecified atom stereocenters. The van der Waals surface area contributed by atoms with Gasteiger partial charge in [0.1, 0.15) is 19.0 Å². The van der Waals surface area contributed by atoms with Gasteiger partial charge in [0.05, 0.1) is 6.33 Å². The number of anilines is 1. The number of esters is 1. The van der Waals surface area contributed by atoms with Gasteiger partial charge in [-0.25, -0.2) is 19.8 Å². The minimum atomic E-state index is -3.55. The SMILES string of the molecule is [B][P+]1(O)OC[C@H]2O[C@@H](n3cnc4c(NC(=O)CCC)ncnc43)C(OC(=O)CCC)[C@H]2O1. The maximum Gasteiger partial charge on any atom is 0.488 e. The number of nitrogens with zero attached hydrogens (tertiary/aromatic N) is 4. The van der Waals surface area contributed by atoms with Crippen LogP contribution in [0.25, 0.3) is 11.2 Å². The van der Waals surface area contributed by atoms with E-state index in [0.29, 0.717) is 30.4 Å². The Morgan fingerprint density at radius 2 is 2.09 bits per heavy atom. The summed E-state index contributed by atoms with van der Waals surface area (Å²) < 4.78 is 24.0. The second kappa shape index (κ2) is 9.36. The average Bonchev–Trinajstić information content (AvgIpc) is 3.30. The number of fused-ring (bicyclic) bond motifs is 2. The Kier molecular flexibility index (Phi) is 6.73. The van der Waals surface area contributed by atoms with Crippen molar-refractivity contribution >= 4 is 44.2 Å². The lowest BCUT2D eigenvalue weighted by molar-refractivity contribution is -0.158. The number of carbonyl (C=O) groups excluding carboxylic acids is 2. The number of aromatic nitrogens is 4. The molecule has 2 aliphatic rings. The Hall–Kier alpha value is -2.18. The van der Waals surface area contributed by atoms with E-state index in [1.54, 1.807) is 4.57 Å². The minimum Gasteiger partial charge on any atom is -0.454 e. The first-order chi connectivity index (χ1) is 15.3. The molecule has 0 aliphatic carbocycles. The van der Waals surface area contributed by atoms with Gasteiger partial charge < -0.3 is 14.8 Å². The van der Waals surface area contributed by atoms with E-state index in [4.69, 9.17) is 26.1 Å². The summed E-state index contributed by atoms with van der Waals surface area (Å²) in [5.74, 6) is -0.357.